The van der Waals surface area contributed by atoms with E-state index >= 15 is 0 Å². The van der Waals surface area contributed by atoms with E-state index in [0.717, 1.165) is 50.9 Å². The molecule has 3 fully saturated rings. The van der Waals surface area contributed by atoms with E-state index in [4.69, 9.17) is 9.47 Å². The smallest absolute Gasteiger partial charge is 0.246 e. The van der Waals surface area contributed by atoms with Gasteiger partial charge in [0.1, 0.15) is 11.5 Å². The lowest BCUT2D eigenvalue weighted by Crippen LogP contribution is -2.56. The first-order valence-electron chi connectivity index (χ1n) is 12.0. The zero-order valence-corrected chi connectivity index (χ0v) is 19.9. The average molecular weight is 457 g/mol. The lowest BCUT2D eigenvalue weighted by atomic mass is 9.91. The van der Waals surface area contributed by atoms with Crippen LogP contribution < -0.4 is 9.47 Å². The van der Waals surface area contributed by atoms with Crippen molar-refractivity contribution in [3.05, 3.63) is 29.8 Å². The molecule has 1 aromatic carbocycles. The maximum Gasteiger partial charge on any atom is 0.246 e. The zero-order valence-electron chi connectivity index (χ0n) is 19.9. The maximum atomic E-state index is 12.8. The molecular formula is C25H36N4O4. The third-order valence-electron chi connectivity index (χ3n) is 7.15. The Labute approximate surface area is 196 Å². The van der Waals surface area contributed by atoms with E-state index in [2.05, 4.69) is 9.80 Å². The number of carbonyl (C=O) groups excluding carboxylic acids is 2. The Morgan fingerprint density at radius 3 is 2.24 bits per heavy atom. The molecule has 0 radical (unpaired) electrons. The molecule has 180 valence electrons. The summed E-state index contributed by atoms with van der Waals surface area (Å²) in [4.78, 5) is 34.0. The highest BCUT2D eigenvalue weighted by molar-refractivity contribution is 5.92. The minimum Gasteiger partial charge on any atom is -0.497 e. The fourth-order valence-electron chi connectivity index (χ4n) is 4.73. The Hall–Kier alpha value is -2.58. The van der Waals surface area contributed by atoms with Gasteiger partial charge < -0.3 is 19.3 Å². The molecule has 3 aliphatic rings. The van der Waals surface area contributed by atoms with Crippen LogP contribution in [0.1, 0.15) is 24.8 Å². The van der Waals surface area contributed by atoms with Crippen molar-refractivity contribution in [1.29, 1.82) is 0 Å². The molecule has 2 aliphatic heterocycles. The van der Waals surface area contributed by atoms with Gasteiger partial charge in [-0.1, -0.05) is 6.42 Å². The summed E-state index contributed by atoms with van der Waals surface area (Å²) >= 11 is 0. The van der Waals surface area contributed by atoms with Crippen LogP contribution in [-0.2, 0) is 9.59 Å². The van der Waals surface area contributed by atoms with Gasteiger partial charge in [-0.15, -0.1) is 0 Å². The summed E-state index contributed by atoms with van der Waals surface area (Å²) in [6.45, 7) is 6.84. The van der Waals surface area contributed by atoms with Gasteiger partial charge in [-0.3, -0.25) is 19.4 Å². The van der Waals surface area contributed by atoms with E-state index in [9.17, 15) is 9.59 Å². The van der Waals surface area contributed by atoms with Gasteiger partial charge in [-0.05, 0) is 31.1 Å². The van der Waals surface area contributed by atoms with E-state index in [1.165, 1.54) is 19.3 Å². The van der Waals surface area contributed by atoms with E-state index in [1.807, 2.05) is 21.9 Å². The summed E-state index contributed by atoms with van der Waals surface area (Å²) in [5.41, 5.74) is 0.827. The second-order valence-corrected chi connectivity index (χ2v) is 9.04. The van der Waals surface area contributed by atoms with Crippen molar-refractivity contribution in [2.45, 2.75) is 25.3 Å². The van der Waals surface area contributed by atoms with Gasteiger partial charge in [0.2, 0.25) is 11.8 Å². The lowest BCUT2D eigenvalue weighted by Gasteiger charge is -2.43. The van der Waals surface area contributed by atoms with Crippen LogP contribution in [0.25, 0.3) is 6.08 Å². The number of ether oxygens (including phenoxy) is 2. The summed E-state index contributed by atoms with van der Waals surface area (Å²) in [6.07, 6.45) is 7.36. The minimum atomic E-state index is -0.0223. The van der Waals surface area contributed by atoms with E-state index < -0.39 is 0 Å². The quantitative estimate of drug-likeness (QED) is 0.581. The van der Waals surface area contributed by atoms with E-state index in [1.54, 1.807) is 32.4 Å². The topological polar surface area (TPSA) is 65.6 Å². The summed E-state index contributed by atoms with van der Waals surface area (Å²) in [5, 5.41) is 0. The van der Waals surface area contributed by atoms with E-state index in [-0.39, 0.29) is 11.8 Å². The molecule has 33 heavy (non-hydrogen) atoms. The molecule has 2 saturated heterocycles. The monoisotopic (exact) mass is 456 g/mol. The van der Waals surface area contributed by atoms with Crippen molar-refractivity contribution in [2.24, 2.45) is 0 Å². The maximum absolute atomic E-state index is 12.8. The predicted octanol–water partition coefficient (Wildman–Crippen LogP) is 1.56. The predicted molar refractivity (Wildman–Crippen MR) is 127 cm³/mol. The van der Waals surface area contributed by atoms with Crippen LogP contribution in [0.15, 0.2) is 24.3 Å². The van der Waals surface area contributed by atoms with Crippen molar-refractivity contribution in [3.8, 4) is 11.5 Å². The van der Waals surface area contributed by atoms with Crippen molar-refractivity contribution < 1.29 is 19.1 Å². The molecule has 0 N–H and O–H groups in total. The first-order chi connectivity index (χ1) is 16.1. The van der Waals surface area contributed by atoms with Crippen LogP contribution in [0.4, 0.5) is 0 Å². The van der Waals surface area contributed by atoms with Crippen LogP contribution in [-0.4, -0.2) is 111 Å². The number of nitrogens with zero attached hydrogens (tertiary/aromatic N) is 4. The molecule has 1 saturated carbocycles. The highest BCUT2D eigenvalue weighted by Crippen LogP contribution is 2.26. The molecule has 4 rings (SSSR count). The third kappa shape index (κ3) is 5.86. The second kappa shape index (κ2) is 11.0. The van der Waals surface area contributed by atoms with Crippen molar-refractivity contribution >= 4 is 17.9 Å². The normalized spacial score (nSPS) is 20.7. The number of carbonyl (C=O) groups is 2. The Kier molecular flexibility index (Phi) is 7.88. The Morgan fingerprint density at radius 1 is 0.939 bits per heavy atom. The molecule has 1 aromatic rings. The van der Waals surface area contributed by atoms with Crippen LogP contribution in [0.5, 0.6) is 11.5 Å². The molecule has 0 atom stereocenters. The van der Waals surface area contributed by atoms with Crippen LogP contribution in [0, 0.1) is 0 Å². The molecular weight excluding hydrogens is 420 g/mol. The average Bonchev–Trinajstić information content (AvgIpc) is 2.82. The standard InChI is InChI=1S/C25H36N4O4/c1-32-22-8-6-20(23(18-22)33-2)7-9-24(30)28-12-10-26(11-13-28)19-25(31)29-16-14-27(15-17-29)21-4-3-5-21/h6-9,18,21H,3-5,10-17,19H2,1-2H3/b9-7+. The summed E-state index contributed by atoms with van der Waals surface area (Å²) < 4.78 is 10.6. The number of hydrogen-bond donors (Lipinski definition) is 0. The van der Waals surface area contributed by atoms with Gasteiger partial charge in [0.15, 0.2) is 0 Å². The van der Waals surface area contributed by atoms with Crippen LogP contribution >= 0.6 is 0 Å². The number of piperazine rings is 2. The fraction of sp³-hybridized carbons (Fsp3) is 0.600. The lowest BCUT2D eigenvalue weighted by molar-refractivity contribution is -0.135. The number of methoxy groups -OCH3 is 2. The Morgan fingerprint density at radius 2 is 1.64 bits per heavy atom. The van der Waals surface area contributed by atoms with Gasteiger partial charge in [-0.2, -0.15) is 0 Å². The largest absolute Gasteiger partial charge is 0.497 e. The van der Waals surface area contributed by atoms with Crippen LogP contribution in [0.2, 0.25) is 0 Å². The van der Waals surface area contributed by atoms with Crippen LogP contribution in [0.3, 0.4) is 0 Å². The highest BCUT2D eigenvalue weighted by Gasteiger charge is 2.30. The van der Waals surface area contributed by atoms with Gasteiger partial charge in [0, 0.05) is 76.1 Å². The van der Waals surface area contributed by atoms with Crippen molar-refractivity contribution in [2.75, 3.05) is 73.1 Å². The number of amides is 2. The van der Waals surface area contributed by atoms with E-state index in [0.29, 0.717) is 31.1 Å². The fourth-order valence-corrected chi connectivity index (χ4v) is 4.73. The molecule has 0 unspecified atom stereocenters. The Balaban J connectivity index is 1.20. The minimum absolute atomic E-state index is 0.0223. The molecule has 0 bridgehead atoms. The third-order valence-corrected chi connectivity index (χ3v) is 7.15. The van der Waals surface area contributed by atoms with Gasteiger partial charge >= 0.3 is 0 Å². The molecule has 0 spiro atoms. The Bertz CT molecular complexity index is 854. The molecule has 8 heteroatoms. The SMILES string of the molecule is COc1ccc(/C=C/C(=O)N2CCN(CC(=O)N3CCN(C4CCC4)CC3)CC2)c(OC)c1. The van der Waals surface area contributed by atoms with Gasteiger partial charge in [-0.25, -0.2) is 0 Å². The highest BCUT2D eigenvalue weighted by atomic mass is 16.5. The first kappa shape index (κ1) is 23.6. The number of hydrogen-bond acceptors (Lipinski definition) is 6. The number of rotatable bonds is 7. The van der Waals surface area contributed by atoms with Gasteiger partial charge in [0.05, 0.1) is 20.8 Å². The summed E-state index contributed by atoms with van der Waals surface area (Å²) in [7, 11) is 3.21. The molecule has 0 aromatic heterocycles. The van der Waals surface area contributed by atoms with Gasteiger partial charge in [0.25, 0.3) is 0 Å². The molecule has 2 heterocycles. The first-order valence-corrected chi connectivity index (χ1v) is 12.0. The summed E-state index contributed by atoms with van der Waals surface area (Å²) in [6, 6.07) is 6.27. The van der Waals surface area contributed by atoms with Crippen molar-refractivity contribution in [1.82, 2.24) is 19.6 Å². The molecule has 8 nitrogen and oxygen atoms in total. The van der Waals surface area contributed by atoms with Crippen molar-refractivity contribution in [3.63, 3.8) is 0 Å². The molecule has 1 aliphatic carbocycles. The second-order valence-electron chi connectivity index (χ2n) is 9.04. The summed E-state index contributed by atoms with van der Waals surface area (Å²) in [5.74, 6) is 1.57. The molecule has 2 amide bonds. The zero-order chi connectivity index (χ0) is 23.2. The number of benzene rings is 1.